The summed E-state index contributed by atoms with van der Waals surface area (Å²) in [7, 11) is 0. The van der Waals surface area contributed by atoms with Crippen molar-refractivity contribution in [2.24, 2.45) is 5.92 Å². The molecular formula is C13H20N4O2. The van der Waals surface area contributed by atoms with E-state index in [-0.39, 0.29) is 11.4 Å². The molecule has 2 rings (SSSR count). The molecule has 104 valence electrons. The maximum Gasteiger partial charge on any atom is 0.292 e. The lowest BCUT2D eigenvalue weighted by Crippen LogP contribution is -2.38. The van der Waals surface area contributed by atoms with Crippen LogP contribution in [0.15, 0.2) is 18.2 Å². The van der Waals surface area contributed by atoms with Crippen LogP contribution in [0.3, 0.4) is 0 Å². The second-order valence-electron chi connectivity index (χ2n) is 5.07. The maximum atomic E-state index is 10.7. The van der Waals surface area contributed by atoms with Gasteiger partial charge in [0.1, 0.15) is 5.69 Å². The van der Waals surface area contributed by atoms with E-state index in [2.05, 4.69) is 17.6 Å². The third kappa shape index (κ3) is 3.35. The summed E-state index contributed by atoms with van der Waals surface area (Å²) in [6, 6.07) is 5.10. The highest BCUT2D eigenvalue weighted by atomic mass is 16.6. The van der Waals surface area contributed by atoms with Crippen LogP contribution in [0.1, 0.15) is 19.8 Å². The van der Waals surface area contributed by atoms with Crippen molar-refractivity contribution < 1.29 is 4.92 Å². The number of nitrogens with zero attached hydrogens (tertiary/aromatic N) is 1. The molecule has 0 spiro atoms. The summed E-state index contributed by atoms with van der Waals surface area (Å²) < 4.78 is 0. The fourth-order valence-corrected chi connectivity index (χ4v) is 2.50. The number of nitro groups is 1. The van der Waals surface area contributed by atoms with Crippen molar-refractivity contribution in [3.8, 4) is 0 Å². The smallest absolute Gasteiger partial charge is 0.292 e. The van der Waals surface area contributed by atoms with Gasteiger partial charge in [0.15, 0.2) is 0 Å². The van der Waals surface area contributed by atoms with Crippen molar-refractivity contribution in [2.75, 3.05) is 24.1 Å². The van der Waals surface area contributed by atoms with Crippen molar-refractivity contribution in [2.45, 2.75) is 25.8 Å². The van der Waals surface area contributed by atoms with E-state index in [4.69, 9.17) is 5.73 Å². The van der Waals surface area contributed by atoms with Crippen molar-refractivity contribution >= 4 is 17.1 Å². The normalized spacial score (nSPS) is 20.8. The zero-order valence-electron chi connectivity index (χ0n) is 11.1. The lowest BCUT2D eigenvalue weighted by Gasteiger charge is -2.29. The first-order valence-electron chi connectivity index (χ1n) is 6.59. The molecule has 1 saturated heterocycles. The van der Waals surface area contributed by atoms with Crippen LogP contribution in [0.2, 0.25) is 0 Å². The Labute approximate surface area is 112 Å². The Morgan fingerprint density at radius 2 is 2.37 bits per heavy atom. The first-order chi connectivity index (χ1) is 9.08. The van der Waals surface area contributed by atoms with E-state index in [1.54, 1.807) is 12.1 Å². The van der Waals surface area contributed by atoms with Crippen molar-refractivity contribution in [1.29, 1.82) is 0 Å². The van der Waals surface area contributed by atoms with Crippen LogP contribution >= 0.6 is 0 Å². The number of hydrogen-bond donors (Lipinski definition) is 3. The zero-order chi connectivity index (χ0) is 13.8. The zero-order valence-corrected chi connectivity index (χ0v) is 11.1. The lowest BCUT2D eigenvalue weighted by atomic mass is 9.92. The Morgan fingerprint density at radius 1 is 1.58 bits per heavy atom. The van der Waals surface area contributed by atoms with Crippen LogP contribution in [-0.4, -0.2) is 24.1 Å². The SMILES string of the molecule is CC(Nc1ccc([N+](=O)[O-])c(N)c1)C1CCCNC1. The molecule has 0 bridgehead atoms. The van der Waals surface area contributed by atoms with Crippen LogP contribution in [0, 0.1) is 16.0 Å². The molecule has 1 aliphatic heterocycles. The number of anilines is 2. The topological polar surface area (TPSA) is 93.2 Å². The van der Waals surface area contributed by atoms with Gasteiger partial charge in [-0.15, -0.1) is 0 Å². The standard InChI is InChI=1S/C13H20N4O2/c1-9(10-3-2-6-15-8-10)16-11-4-5-13(17(18)19)12(14)7-11/h4-5,7,9-10,15-16H,2-3,6,8,14H2,1H3. The van der Waals surface area contributed by atoms with E-state index >= 15 is 0 Å². The van der Waals surface area contributed by atoms with Crippen LogP contribution in [0.5, 0.6) is 0 Å². The average molecular weight is 264 g/mol. The molecule has 1 aromatic carbocycles. The average Bonchev–Trinajstić information content (AvgIpc) is 2.39. The largest absolute Gasteiger partial charge is 0.393 e. The second kappa shape index (κ2) is 5.88. The van der Waals surface area contributed by atoms with Crippen LogP contribution in [0.25, 0.3) is 0 Å². The number of nitrogen functional groups attached to an aromatic ring is 1. The summed E-state index contributed by atoms with van der Waals surface area (Å²) in [6.45, 7) is 4.24. The van der Waals surface area contributed by atoms with E-state index in [0.29, 0.717) is 12.0 Å². The summed E-state index contributed by atoms with van der Waals surface area (Å²) >= 11 is 0. The predicted octanol–water partition coefficient (Wildman–Crippen LogP) is 1.98. The molecule has 0 aromatic heterocycles. The summed E-state index contributed by atoms with van der Waals surface area (Å²) in [5.41, 5.74) is 6.67. The summed E-state index contributed by atoms with van der Waals surface area (Å²) in [5.74, 6) is 0.574. The Morgan fingerprint density at radius 3 is 2.95 bits per heavy atom. The monoisotopic (exact) mass is 264 g/mol. The lowest BCUT2D eigenvalue weighted by molar-refractivity contribution is -0.383. The number of nitrogens with one attached hydrogen (secondary N) is 2. The Balaban J connectivity index is 2.02. The minimum Gasteiger partial charge on any atom is -0.393 e. The van der Waals surface area contributed by atoms with Gasteiger partial charge in [-0.2, -0.15) is 0 Å². The molecule has 6 heteroatoms. The van der Waals surface area contributed by atoms with E-state index < -0.39 is 4.92 Å². The fourth-order valence-electron chi connectivity index (χ4n) is 2.50. The molecule has 1 fully saturated rings. The maximum absolute atomic E-state index is 10.7. The van der Waals surface area contributed by atoms with Gasteiger partial charge < -0.3 is 16.4 Å². The predicted molar refractivity (Wildman–Crippen MR) is 76.2 cm³/mol. The third-order valence-electron chi connectivity index (χ3n) is 3.66. The van der Waals surface area contributed by atoms with Crippen molar-refractivity contribution in [3.05, 3.63) is 28.3 Å². The van der Waals surface area contributed by atoms with E-state index in [1.165, 1.54) is 18.9 Å². The Kier molecular flexibility index (Phi) is 4.21. The van der Waals surface area contributed by atoms with E-state index in [9.17, 15) is 10.1 Å². The third-order valence-corrected chi connectivity index (χ3v) is 3.66. The molecule has 2 atom stereocenters. The van der Waals surface area contributed by atoms with Gasteiger partial charge in [0.25, 0.3) is 5.69 Å². The molecule has 19 heavy (non-hydrogen) atoms. The van der Waals surface area contributed by atoms with E-state index in [0.717, 1.165) is 18.8 Å². The second-order valence-corrected chi connectivity index (χ2v) is 5.07. The van der Waals surface area contributed by atoms with Gasteiger partial charge >= 0.3 is 0 Å². The Bertz CT molecular complexity index is 458. The molecule has 1 heterocycles. The summed E-state index contributed by atoms with van der Waals surface area (Å²) in [5, 5.41) is 17.5. The highest BCUT2D eigenvalue weighted by molar-refractivity contribution is 5.66. The van der Waals surface area contributed by atoms with Gasteiger partial charge in [-0.3, -0.25) is 10.1 Å². The number of nitro benzene ring substituents is 1. The molecule has 1 aromatic rings. The summed E-state index contributed by atoms with van der Waals surface area (Å²) in [6.07, 6.45) is 2.39. The van der Waals surface area contributed by atoms with Crippen LogP contribution in [0.4, 0.5) is 17.1 Å². The molecule has 0 saturated carbocycles. The number of rotatable bonds is 4. The highest BCUT2D eigenvalue weighted by Crippen LogP contribution is 2.26. The van der Waals surface area contributed by atoms with Crippen LogP contribution in [-0.2, 0) is 0 Å². The van der Waals surface area contributed by atoms with Crippen molar-refractivity contribution in [1.82, 2.24) is 5.32 Å². The first kappa shape index (κ1) is 13.6. The molecule has 1 aliphatic rings. The van der Waals surface area contributed by atoms with Gasteiger partial charge in [-0.05, 0) is 50.9 Å². The first-order valence-corrected chi connectivity index (χ1v) is 6.59. The number of hydrogen-bond acceptors (Lipinski definition) is 5. The van der Waals surface area contributed by atoms with Crippen molar-refractivity contribution in [3.63, 3.8) is 0 Å². The molecule has 4 N–H and O–H groups in total. The van der Waals surface area contributed by atoms with Crippen LogP contribution < -0.4 is 16.4 Å². The molecule has 0 amide bonds. The quantitative estimate of drug-likeness (QED) is 0.439. The number of piperidine rings is 1. The molecule has 2 unspecified atom stereocenters. The minimum absolute atomic E-state index is 0.0439. The van der Waals surface area contributed by atoms with Gasteiger partial charge in [0, 0.05) is 17.8 Å². The van der Waals surface area contributed by atoms with Gasteiger partial charge in [-0.1, -0.05) is 0 Å². The number of benzene rings is 1. The van der Waals surface area contributed by atoms with Gasteiger partial charge in [-0.25, -0.2) is 0 Å². The fraction of sp³-hybridized carbons (Fsp3) is 0.538. The molecule has 0 aliphatic carbocycles. The molecule has 0 radical (unpaired) electrons. The van der Waals surface area contributed by atoms with E-state index in [1.807, 2.05) is 0 Å². The van der Waals surface area contributed by atoms with Gasteiger partial charge in [0.05, 0.1) is 4.92 Å². The summed E-state index contributed by atoms with van der Waals surface area (Å²) in [4.78, 5) is 10.2. The van der Waals surface area contributed by atoms with Gasteiger partial charge in [0.2, 0.25) is 0 Å². The number of nitrogens with two attached hydrogens (primary N) is 1. The minimum atomic E-state index is -0.465. The Hall–Kier alpha value is -1.82. The molecule has 6 nitrogen and oxygen atoms in total. The highest BCUT2D eigenvalue weighted by Gasteiger charge is 2.20. The molecular weight excluding hydrogens is 244 g/mol.